The standard InChI is InChI=1S/C20H21F3N2O2S/c1-13(2)26-17-9-10-24-12-14(17)5-3-4-6-19-25-16-8-7-15(11-18(16)28-19)27-20(21,22)23/h7-13H,3-6H2,1-2H3. The van der Waals surface area contributed by atoms with E-state index in [2.05, 4.69) is 14.7 Å². The maximum Gasteiger partial charge on any atom is 0.573 e. The second-order valence-corrected chi connectivity index (χ2v) is 7.76. The molecule has 8 heteroatoms. The van der Waals surface area contributed by atoms with E-state index in [1.54, 1.807) is 12.3 Å². The fourth-order valence-electron chi connectivity index (χ4n) is 2.82. The van der Waals surface area contributed by atoms with Gasteiger partial charge in [-0.1, -0.05) is 0 Å². The topological polar surface area (TPSA) is 44.2 Å². The van der Waals surface area contributed by atoms with Crippen LogP contribution in [-0.4, -0.2) is 22.4 Å². The molecule has 0 fully saturated rings. The molecule has 0 spiro atoms. The van der Waals surface area contributed by atoms with Crippen molar-refractivity contribution in [3.63, 3.8) is 0 Å². The van der Waals surface area contributed by atoms with E-state index in [-0.39, 0.29) is 11.9 Å². The Hall–Kier alpha value is -2.35. The summed E-state index contributed by atoms with van der Waals surface area (Å²) in [7, 11) is 0. The zero-order valence-electron chi connectivity index (χ0n) is 15.6. The van der Waals surface area contributed by atoms with Crippen LogP contribution < -0.4 is 9.47 Å². The Balaban J connectivity index is 1.56. The number of aromatic nitrogens is 2. The van der Waals surface area contributed by atoms with Crippen LogP contribution in [0.15, 0.2) is 36.7 Å². The van der Waals surface area contributed by atoms with E-state index < -0.39 is 6.36 Å². The van der Waals surface area contributed by atoms with Gasteiger partial charge in [-0.05, 0) is 63.8 Å². The third kappa shape index (κ3) is 5.82. The fraction of sp³-hybridized carbons (Fsp3) is 0.400. The average Bonchev–Trinajstić information content (AvgIpc) is 3.00. The number of rotatable bonds is 8. The molecule has 3 rings (SSSR count). The Morgan fingerprint density at radius 2 is 1.89 bits per heavy atom. The molecule has 0 aliphatic rings. The van der Waals surface area contributed by atoms with Crippen molar-refractivity contribution in [2.75, 3.05) is 0 Å². The second kappa shape index (κ2) is 8.77. The maximum atomic E-state index is 12.3. The van der Waals surface area contributed by atoms with Crippen molar-refractivity contribution in [2.45, 2.75) is 52.0 Å². The molecule has 0 saturated heterocycles. The Kier molecular flexibility index (Phi) is 6.39. The first-order valence-electron chi connectivity index (χ1n) is 9.05. The Morgan fingerprint density at radius 1 is 1.11 bits per heavy atom. The predicted octanol–water partition coefficient (Wildman–Crippen LogP) is 5.94. The lowest BCUT2D eigenvalue weighted by atomic mass is 10.1. The molecule has 0 radical (unpaired) electrons. The third-order valence-electron chi connectivity index (χ3n) is 3.95. The van der Waals surface area contributed by atoms with Gasteiger partial charge in [-0.3, -0.25) is 4.98 Å². The van der Waals surface area contributed by atoms with Crippen LogP contribution in [0.25, 0.3) is 10.2 Å². The van der Waals surface area contributed by atoms with Gasteiger partial charge in [0.1, 0.15) is 11.5 Å². The fourth-order valence-corrected chi connectivity index (χ4v) is 3.86. The number of hydrogen-bond acceptors (Lipinski definition) is 5. The van der Waals surface area contributed by atoms with Crippen LogP contribution in [0.1, 0.15) is 37.3 Å². The van der Waals surface area contributed by atoms with Crippen molar-refractivity contribution in [1.29, 1.82) is 0 Å². The van der Waals surface area contributed by atoms with Gasteiger partial charge in [0.05, 0.1) is 21.3 Å². The van der Waals surface area contributed by atoms with Crippen molar-refractivity contribution in [3.05, 3.63) is 47.2 Å². The first kappa shape index (κ1) is 20.4. The molecule has 28 heavy (non-hydrogen) atoms. The van der Waals surface area contributed by atoms with Gasteiger partial charge in [-0.25, -0.2) is 4.98 Å². The van der Waals surface area contributed by atoms with Crippen molar-refractivity contribution in [1.82, 2.24) is 9.97 Å². The molecular weight excluding hydrogens is 389 g/mol. The largest absolute Gasteiger partial charge is 0.573 e. The lowest BCUT2D eigenvalue weighted by Gasteiger charge is -2.13. The quantitative estimate of drug-likeness (QED) is 0.431. The van der Waals surface area contributed by atoms with Gasteiger partial charge in [-0.15, -0.1) is 24.5 Å². The average molecular weight is 410 g/mol. The van der Waals surface area contributed by atoms with Gasteiger partial charge in [0.25, 0.3) is 0 Å². The van der Waals surface area contributed by atoms with E-state index in [1.807, 2.05) is 26.1 Å². The Bertz CT molecular complexity index is 925. The van der Waals surface area contributed by atoms with Crippen LogP contribution in [0.4, 0.5) is 13.2 Å². The van der Waals surface area contributed by atoms with E-state index in [9.17, 15) is 13.2 Å². The molecule has 0 amide bonds. The minimum Gasteiger partial charge on any atom is -0.491 e. The van der Waals surface area contributed by atoms with Gasteiger partial charge in [0, 0.05) is 18.0 Å². The van der Waals surface area contributed by atoms with Crippen LogP contribution in [0.3, 0.4) is 0 Å². The maximum absolute atomic E-state index is 12.3. The van der Waals surface area contributed by atoms with Gasteiger partial charge < -0.3 is 9.47 Å². The van der Waals surface area contributed by atoms with Crippen molar-refractivity contribution < 1.29 is 22.6 Å². The molecule has 1 aromatic carbocycles. The molecule has 150 valence electrons. The molecule has 0 unspecified atom stereocenters. The van der Waals surface area contributed by atoms with Crippen molar-refractivity contribution in [3.8, 4) is 11.5 Å². The molecule has 0 bridgehead atoms. The smallest absolute Gasteiger partial charge is 0.491 e. The highest BCUT2D eigenvalue weighted by molar-refractivity contribution is 7.18. The minimum absolute atomic E-state index is 0.107. The summed E-state index contributed by atoms with van der Waals surface area (Å²) in [4.78, 5) is 8.67. The highest BCUT2D eigenvalue weighted by Crippen LogP contribution is 2.30. The van der Waals surface area contributed by atoms with Gasteiger partial charge in [0.15, 0.2) is 0 Å². The van der Waals surface area contributed by atoms with Crippen LogP contribution in [0.2, 0.25) is 0 Å². The van der Waals surface area contributed by atoms with Gasteiger partial charge >= 0.3 is 6.36 Å². The van der Waals surface area contributed by atoms with Gasteiger partial charge in [0.2, 0.25) is 0 Å². The predicted molar refractivity (Wildman–Crippen MR) is 103 cm³/mol. The molecule has 2 aromatic heterocycles. The number of fused-ring (bicyclic) bond motifs is 1. The molecule has 4 nitrogen and oxygen atoms in total. The Labute approximate surface area is 165 Å². The molecule has 0 N–H and O–H groups in total. The summed E-state index contributed by atoms with van der Waals surface area (Å²) in [6.07, 6.45) is 2.46. The lowest BCUT2D eigenvalue weighted by Crippen LogP contribution is -2.16. The van der Waals surface area contributed by atoms with E-state index in [4.69, 9.17) is 4.74 Å². The SMILES string of the molecule is CC(C)Oc1ccncc1CCCCc1nc2ccc(OC(F)(F)F)cc2s1. The number of pyridine rings is 1. The monoisotopic (exact) mass is 410 g/mol. The summed E-state index contributed by atoms with van der Waals surface area (Å²) >= 11 is 1.40. The minimum atomic E-state index is -4.69. The number of hydrogen-bond donors (Lipinski definition) is 0. The van der Waals surface area contributed by atoms with E-state index >= 15 is 0 Å². The van der Waals surface area contributed by atoms with E-state index in [0.29, 0.717) is 10.2 Å². The highest BCUT2D eigenvalue weighted by Gasteiger charge is 2.31. The zero-order valence-corrected chi connectivity index (χ0v) is 16.4. The summed E-state index contributed by atoms with van der Waals surface area (Å²) < 4.78 is 47.5. The highest BCUT2D eigenvalue weighted by atomic mass is 32.1. The Morgan fingerprint density at radius 3 is 2.64 bits per heavy atom. The van der Waals surface area contributed by atoms with E-state index in [1.165, 1.54) is 23.5 Å². The number of unbranched alkanes of at least 4 members (excludes halogenated alkanes) is 1. The first-order valence-corrected chi connectivity index (χ1v) is 9.86. The summed E-state index contributed by atoms with van der Waals surface area (Å²) in [6.45, 7) is 3.98. The molecule has 0 aliphatic heterocycles. The zero-order chi connectivity index (χ0) is 20.1. The lowest BCUT2D eigenvalue weighted by molar-refractivity contribution is -0.274. The summed E-state index contributed by atoms with van der Waals surface area (Å²) in [5.74, 6) is 0.645. The van der Waals surface area contributed by atoms with Crippen LogP contribution in [0, 0.1) is 0 Å². The number of thiazole rings is 1. The van der Waals surface area contributed by atoms with Crippen molar-refractivity contribution in [2.24, 2.45) is 0 Å². The molecular formula is C20H21F3N2O2S. The summed E-state index contributed by atoms with van der Waals surface area (Å²) in [6, 6.07) is 6.11. The molecule has 3 aromatic rings. The summed E-state index contributed by atoms with van der Waals surface area (Å²) in [5, 5.41) is 0.906. The molecule has 0 atom stereocenters. The number of halogens is 3. The number of aryl methyl sites for hydroxylation is 2. The molecule has 0 saturated carbocycles. The second-order valence-electron chi connectivity index (χ2n) is 6.64. The van der Waals surface area contributed by atoms with Crippen LogP contribution >= 0.6 is 11.3 Å². The number of ether oxygens (including phenoxy) is 2. The first-order chi connectivity index (χ1) is 13.3. The van der Waals surface area contributed by atoms with Crippen LogP contribution in [-0.2, 0) is 12.8 Å². The van der Waals surface area contributed by atoms with Crippen molar-refractivity contribution >= 4 is 21.6 Å². The number of nitrogens with zero attached hydrogens (tertiary/aromatic N) is 2. The van der Waals surface area contributed by atoms with Crippen LogP contribution in [0.5, 0.6) is 11.5 Å². The third-order valence-corrected chi connectivity index (χ3v) is 5.02. The summed E-state index contributed by atoms with van der Waals surface area (Å²) in [5.41, 5.74) is 1.77. The van der Waals surface area contributed by atoms with Gasteiger partial charge in [-0.2, -0.15) is 0 Å². The number of alkyl halides is 3. The number of benzene rings is 1. The molecule has 2 heterocycles. The van der Waals surface area contributed by atoms with E-state index in [0.717, 1.165) is 42.0 Å². The molecule has 0 aliphatic carbocycles. The normalized spacial score (nSPS) is 11.9.